The first kappa shape index (κ1) is 19.6. The van der Waals surface area contributed by atoms with Crippen LogP contribution in [0.2, 0.25) is 0 Å². The molecule has 6 heteroatoms. The number of hydrogen-bond acceptors (Lipinski definition) is 3. The average Bonchev–Trinajstić information content (AvgIpc) is 2.68. The van der Waals surface area contributed by atoms with Gasteiger partial charge >= 0.3 is 0 Å². The number of fused-ring (bicyclic) bond motifs is 1. The molecule has 0 aliphatic heterocycles. The number of carbonyl (C=O) groups is 1. The van der Waals surface area contributed by atoms with Crippen molar-refractivity contribution in [1.82, 2.24) is 16.0 Å². The number of ether oxygens (including phenoxy) is 1. The van der Waals surface area contributed by atoms with Crippen LogP contribution in [0.25, 0.3) is 10.8 Å². The van der Waals surface area contributed by atoms with E-state index in [1.165, 1.54) is 10.8 Å². The number of benzene rings is 2. The van der Waals surface area contributed by atoms with Crippen LogP contribution >= 0.6 is 0 Å². The average molecular weight is 356 g/mol. The summed E-state index contributed by atoms with van der Waals surface area (Å²) in [5.41, 5.74) is 0. The monoisotopic (exact) mass is 356 g/mol. The second-order valence-corrected chi connectivity index (χ2v) is 5.91. The van der Waals surface area contributed by atoms with E-state index in [9.17, 15) is 4.79 Å². The summed E-state index contributed by atoms with van der Waals surface area (Å²) in [7, 11) is 1.69. The number of nitrogens with zero attached hydrogens (tertiary/aromatic N) is 1. The van der Waals surface area contributed by atoms with Gasteiger partial charge in [0.05, 0.1) is 13.2 Å². The van der Waals surface area contributed by atoms with Gasteiger partial charge in [0.1, 0.15) is 5.75 Å². The highest BCUT2D eigenvalue weighted by Crippen LogP contribution is 2.20. The number of guanidine groups is 1. The van der Waals surface area contributed by atoms with Gasteiger partial charge in [-0.1, -0.05) is 37.3 Å². The van der Waals surface area contributed by atoms with Gasteiger partial charge in [-0.15, -0.1) is 0 Å². The Hall–Kier alpha value is -2.76. The maximum Gasteiger partial charge on any atom is 0.239 e. The minimum absolute atomic E-state index is 0.0329. The van der Waals surface area contributed by atoms with E-state index in [1.54, 1.807) is 7.05 Å². The van der Waals surface area contributed by atoms with Crippen LogP contribution in [0.15, 0.2) is 47.5 Å². The molecule has 0 saturated carbocycles. The molecule has 26 heavy (non-hydrogen) atoms. The van der Waals surface area contributed by atoms with E-state index >= 15 is 0 Å². The molecule has 0 atom stereocenters. The number of amides is 1. The SMILES string of the molecule is CCCNC(=O)CNC(=NC)NCCCOc1ccc2ccccc2c1. The molecular weight excluding hydrogens is 328 g/mol. The minimum Gasteiger partial charge on any atom is -0.494 e. The van der Waals surface area contributed by atoms with Crippen LogP contribution in [0.5, 0.6) is 5.75 Å². The Kier molecular flexibility index (Phi) is 8.26. The van der Waals surface area contributed by atoms with Gasteiger partial charge < -0.3 is 20.7 Å². The highest BCUT2D eigenvalue weighted by Gasteiger charge is 2.02. The summed E-state index contributed by atoms with van der Waals surface area (Å²) in [6.45, 7) is 4.25. The highest BCUT2D eigenvalue weighted by molar-refractivity contribution is 5.86. The number of hydrogen-bond donors (Lipinski definition) is 3. The van der Waals surface area contributed by atoms with Crippen molar-refractivity contribution in [3.8, 4) is 5.75 Å². The molecule has 6 nitrogen and oxygen atoms in total. The predicted octanol–water partition coefficient (Wildman–Crippen LogP) is 2.30. The third-order valence-corrected chi connectivity index (χ3v) is 3.82. The van der Waals surface area contributed by atoms with Crippen molar-refractivity contribution in [2.45, 2.75) is 19.8 Å². The van der Waals surface area contributed by atoms with E-state index in [2.05, 4.69) is 45.2 Å². The van der Waals surface area contributed by atoms with Gasteiger partial charge in [0, 0.05) is 20.1 Å². The molecular formula is C20H28N4O2. The Morgan fingerprint density at radius 3 is 2.62 bits per heavy atom. The lowest BCUT2D eigenvalue weighted by molar-refractivity contribution is -0.120. The van der Waals surface area contributed by atoms with Crippen molar-refractivity contribution in [3.63, 3.8) is 0 Å². The second kappa shape index (κ2) is 11.0. The number of nitrogens with one attached hydrogen (secondary N) is 3. The fourth-order valence-electron chi connectivity index (χ4n) is 2.44. The maximum atomic E-state index is 11.6. The number of carbonyl (C=O) groups excluding carboxylic acids is 1. The Labute approximate surface area is 155 Å². The molecule has 0 saturated heterocycles. The molecule has 0 radical (unpaired) electrons. The second-order valence-electron chi connectivity index (χ2n) is 5.91. The number of aliphatic imine (C=N–C) groups is 1. The van der Waals surface area contributed by atoms with Crippen LogP contribution in [0, 0.1) is 0 Å². The summed E-state index contributed by atoms with van der Waals surface area (Å²) >= 11 is 0. The molecule has 1 amide bonds. The van der Waals surface area contributed by atoms with E-state index in [1.807, 2.05) is 25.1 Å². The third kappa shape index (κ3) is 6.63. The standard InChI is InChI=1S/C20H28N4O2/c1-3-11-22-19(25)15-24-20(21-2)23-12-6-13-26-18-10-9-16-7-4-5-8-17(16)14-18/h4-5,7-10,14H,3,6,11-13,15H2,1-2H3,(H,22,25)(H2,21,23,24). The molecule has 2 rings (SSSR count). The largest absolute Gasteiger partial charge is 0.494 e. The first-order valence-electron chi connectivity index (χ1n) is 9.05. The maximum absolute atomic E-state index is 11.6. The summed E-state index contributed by atoms with van der Waals surface area (Å²) in [6.07, 6.45) is 1.76. The molecule has 0 heterocycles. The molecule has 2 aromatic rings. The summed E-state index contributed by atoms with van der Waals surface area (Å²) < 4.78 is 5.81. The Bertz CT molecular complexity index is 731. The molecule has 0 aliphatic rings. The lowest BCUT2D eigenvalue weighted by atomic mass is 10.1. The van der Waals surface area contributed by atoms with Crippen LogP contribution < -0.4 is 20.7 Å². The predicted molar refractivity (Wildman–Crippen MR) is 107 cm³/mol. The fourth-order valence-corrected chi connectivity index (χ4v) is 2.44. The van der Waals surface area contributed by atoms with Crippen LogP contribution in [0.1, 0.15) is 19.8 Å². The van der Waals surface area contributed by atoms with Crippen LogP contribution in [0.4, 0.5) is 0 Å². The van der Waals surface area contributed by atoms with Crippen LogP contribution in [-0.2, 0) is 4.79 Å². The first-order chi connectivity index (χ1) is 12.7. The van der Waals surface area contributed by atoms with Crippen molar-refractivity contribution in [3.05, 3.63) is 42.5 Å². The van der Waals surface area contributed by atoms with Gasteiger partial charge in [-0.2, -0.15) is 0 Å². The van der Waals surface area contributed by atoms with Crippen LogP contribution in [0.3, 0.4) is 0 Å². The van der Waals surface area contributed by atoms with Gasteiger partial charge in [0.2, 0.25) is 5.91 Å². The van der Waals surface area contributed by atoms with Crippen LogP contribution in [-0.4, -0.2) is 45.2 Å². The molecule has 0 unspecified atom stereocenters. The van der Waals surface area contributed by atoms with E-state index < -0.39 is 0 Å². The van der Waals surface area contributed by atoms with Crippen molar-refractivity contribution >= 4 is 22.6 Å². The summed E-state index contributed by atoms with van der Waals surface area (Å²) in [6, 6.07) is 14.3. The summed E-state index contributed by atoms with van der Waals surface area (Å²) in [5.74, 6) is 1.45. The van der Waals surface area contributed by atoms with Gasteiger partial charge in [-0.05, 0) is 35.7 Å². The zero-order chi connectivity index (χ0) is 18.6. The molecule has 0 fully saturated rings. The molecule has 0 aromatic heterocycles. The van der Waals surface area contributed by atoms with Gasteiger partial charge in [-0.25, -0.2) is 0 Å². The molecule has 3 N–H and O–H groups in total. The third-order valence-electron chi connectivity index (χ3n) is 3.82. The summed E-state index contributed by atoms with van der Waals surface area (Å²) in [5, 5.41) is 11.4. The van der Waals surface area contributed by atoms with Crippen molar-refractivity contribution < 1.29 is 9.53 Å². The molecule has 0 aliphatic carbocycles. The van der Waals surface area contributed by atoms with Gasteiger partial charge in [0.25, 0.3) is 0 Å². The smallest absolute Gasteiger partial charge is 0.239 e. The molecule has 2 aromatic carbocycles. The van der Waals surface area contributed by atoms with E-state index in [4.69, 9.17) is 4.74 Å². The fraction of sp³-hybridized carbons (Fsp3) is 0.400. The van der Waals surface area contributed by atoms with Gasteiger partial charge in [0.15, 0.2) is 5.96 Å². The molecule has 0 bridgehead atoms. The highest BCUT2D eigenvalue weighted by atomic mass is 16.5. The Morgan fingerprint density at radius 2 is 1.85 bits per heavy atom. The first-order valence-corrected chi connectivity index (χ1v) is 9.05. The Balaban J connectivity index is 1.64. The van der Waals surface area contributed by atoms with E-state index in [-0.39, 0.29) is 12.5 Å². The molecule has 140 valence electrons. The quantitative estimate of drug-likeness (QED) is 0.366. The van der Waals surface area contributed by atoms with Crippen molar-refractivity contribution in [2.75, 3.05) is 33.3 Å². The molecule has 0 spiro atoms. The zero-order valence-electron chi connectivity index (χ0n) is 15.5. The number of rotatable bonds is 9. The normalized spacial score (nSPS) is 11.2. The van der Waals surface area contributed by atoms with E-state index in [0.29, 0.717) is 25.7 Å². The van der Waals surface area contributed by atoms with Crippen molar-refractivity contribution in [1.29, 1.82) is 0 Å². The Morgan fingerprint density at radius 1 is 1.04 bits per heavy atom. The summed E-state index contributed by atoms with van der Waals surface area (Å²) in [4.78, 5) is 15.7. The van der Waals surface area contributed by atoms with Gasteiger partial charge in [-0.3, -0.25) is 9.79 Å². The zero-order valence-corrected chi connectivity index (χ0v) is 15.5. The lowest BCUT2D eigenvalue weighted by Crippen LogP contribution is -2.43. The van der Waals surface area contributed by atoms with Crippen molar-refractivity contribution in [2.24, 2.45) is 4.99 Å². The van der Waals surface area contributed by atoms with E-state index in [0.717, 1.165) is 18.6 Å². The topological polar surface area (TPSA) is 74.8 Å². The lowest BCUT2D eigenvalue weighted by Gasteiger charge is -2.12. The minimum atomic E-state index is -0.0329.